The van der Waals surface area contributed by atoms with Crippen LogP contribution < -0.4 is 0 Å². The molecule has 0 radical (unpaired) electrons. The zero-order valence-corrected chi connectivity index (χ0v) is 15.6. The van der Waals surface area contributed by atoms with Crippen LogP contribution in [0.4, 0.5) is 0 Å². The third kappa shape index (κ3) is 3.10. The number of rotatable bonds is 3. The molecule has 0 aromatic carbocycles. The first kappa shape index (κ1) is 16.0. The molecule has 0 fully saturated rings. The highest BCUT2D eigenvalue weighted by Gasteiger charge is 2.41. The van der Waals surface area contributed by atoms with Crippen molar-refractivity contribution >= 4 is 35.3 Å². The molecule has 0 amide bonds. The number of halogens is 1. The Morgan fingerprint density at radius 2 is 1.56 bits per heavy atom. The summed E-state index contributed by atoms with van der Waals surface area (Å²) in [5.74, 6) is 3.45. The minimum atomic E-state index is -1.58. The van der Waals surface area contributed by atoms with Crippen LogP contribution >= 0.6 is 27.3 Å². The largest absolute Gasteiger partial charge is 0.146 e. The van der Waals surface area contributed by atoms with Gasteiger partial charge in [-0.3, -0.25) is 0 Å². The molecule has 0 atom stereocenters. The van der Waals surface area contributed by atoms with Gasteiger partial charge in [0.25, 0.3) is 0 Å². The summed E-state index contributed by atoms with van der Waals surface area (Å²) in [4.78, 5) is 0. The molecular weight excluding hydrogens is 320 g/mol. The van der Waals surface area contributed by atoms with Crippen molar-refractivity contribution in [3.05, 3.63) is 20.8 Å². The lowest BCUT2D eigenvalue weighted by atomic mass is 10.4. The standard InChI is InChI=1S/C15H23BrSSi/c1-11(2)18(12(3)4,13(5)6)10-8-14-7-9-17-15(14)16/h7,9,11-13H,1-6H3. The van der Waals surface area contributed by atoms with E-state index in [9.17, 15) is 0 Å². The van der Waals surface area contributed by atoms with E-state index in [1.807, 2.05) is 0 Å². The van der Waals surface area contributed by atoms with Gasteiger partial charge < -0.3 is 0 Å². The molecule has 1 rings (SSSR count). The van der Waals surface area contributed by atoms with Gasteiger partial charge in [-0.2, -0.15) is 0 Å². The third-order valence-corrected chi connectivity index (χ3v) is 11.9. The van der Waals surface area contributed by atoms with Crippen LogP contribution in [-0.4, -0.2) is 8.07 Å². The molecule has 0 aliphatic heterocycles. The van der Waals surface area contributed by atoms with Crippen LogP contribution in [-0.2, 0) is 0 Å². The maximum absolute atomic E-state index is 3.74. The first-order valence-corrected chi connectivity index (χ1v) is 10.5. The van der Waals surface area contributed by atoms with Gasteiger partial charge in [0, 0.05) is 5.56 Å². The quantitative estimate of drug-likeness (QED) is 0.461. The molecule has 0 unspecified atom stereocenters. The molecule has 1 heterocycles. The number of hydrogen-bond acceptors (Lipinski definition) is 1. The van der Waals surface area contributed by atoms with E-state index in [0.29, 0.717) is 16.6 Å². The molecule has 3 heteroatoms. The SMILES string of the molecule is CC(C)[Si](C#Cc1ccsc1Br)(C(C)C)C(C)C. The van der Waals surface area contributed by atoms with Crippen molar-refractivity contribution in [1.82, 2.24) is 0 Å². The summed E-state index contributed by atoms with van der Waals surface area (Å²) in [6, 6.07) is 2.11. The average Bonchev–Trinajstić information content (AvgIpc) is 2.63. The van der Waals surface area contributed by atoms with E-state index in [1.165, 1.54) is 0 Å². The highest BCUT2D eigenvalue weighted by atomic mass is 79.9. The third-order valence-electron chi connectivity index (χ3n) is 3.90. The fourth-order valence-corrected chi connectivity index (χ4v) is 9.33. The Labute approximate surface area is 125 Å². The fraction of sp³-hybridized carbons (Fsp3) is 0.600. The Balaban J connectivity index is 3.22. The Bertz CT molecular complexity index is 427. The van der Waals surface area contributed by atoms with Crippen LogP contribution in [0.1, 0.15) is 47.1 Å². The van der Waals surface area contributed by atoms with Gasteiger partial charge in [-0.05, 0) is 44.0 Å². The van der Waals surface area contributed by atoms with Crippen molar-refractivity contribution in [2.75, 3.05) is 0 Å². The van der Waals surface area contributed by atoms with E-state index in [4.69, 9.17) is 0 Å². The summed E-state index contributed by atoms with van der Waals surface area (Å²) in [6.45, 7) is 14.1. The van der Waals surface area contributed by atoms with Crippen LogP contribution in [0.3, 0.4) is 0 Å². The highest BCUT2D eigenvalue weighted by Crippen LogP contribution is 2.40. The van der Waals surface area contributed by atoms with Crippen molar-refractivity contribution in [3.8, 4) is 11.5 Å². The van der Waals surface area contributed by atoms with E-state index in [0.717, 1.165) is 9.35 Å². The fourth-order valence-electron chi connectivity index (χ4n) is 2.99. The molecule has 0 aliphatic carbocycles. The van der Waals surface area contributed by atoms with Gasteiger partial charge in [-0.15, -0.1) is 16.9 Å². The average molecular weight is 343 g/mol. The van der Waals surface area contributed by atoms with E-state index in [2.05, 4.69) is 80.4 Å². The molecule has 18 heavy (non-hydrogen) atoms. The minimum Gasteiger partial charge on any atom is -0.135 e. The van der Waals surface area contributed by atoms with Crippen LogP contribution in [0.15, 0.2) is 15.2 Å². The minimum absolute atomic E-state index is 0.697. The van der Waals surface area contributed by atoms with Crippen molar-refractivity contribution in [2.24, 2.45) is 0 Å². The predicted molar refractivity (Wildman–Crippen MR) is 89.9 cm³/mol. The van der Waals surface area contributed by atoms with Gasteiger partial charge in [-0.25, -0.2) is 0 Å². The second-order valence-electron chi connectivity index (χ2n) is 5.76. The lowest BCUT2D eigenvalue weighted by molar-refractivity contribution is 0.838. The zero-order valence-electron chi connectivity index (χ0n) is 12.2. The monoisotopic (exact) mass is 342 g/mol. The number of thiophene rings is 1. The van der Waals surface area contributed by atoms with Gasteiger partial charge in [-0.1, -0.05) is 47.5 Å². The molecular formula is C15H23BrSSi. The summed E-state index contributed by atoms with van der Waals surface area (Å²) in [7, 11) is -1.58. The second-order valence-corrected chi connectivity index (χ2v) is 13.6. The molecule has 0 saturated carbocycles. The smallest absolute Gasteiger partial charge is 0.135 e. The maximum atomic E-state index is 3.74. The molecule has 0 bridgehead atoms. The van der Waals surface area contributed by atoms with Crippen molar-refractivity contribution < 1.29 is 0 Å². The summed E-state index contributed by atoms with van der Waals surface area (Å²) < 4.78 is 1.16. The summed E-state index contributed by atoms with van der Waals surface area (Å²) in [5, 5.41) is 2.09. The normalized spacial score (nSPS) is 12.1. The molecule has 100 valence electrons. The Morgan fingerprint density at radius 3 is 1.89 bits per heavy atom. The maximum Gasteiger partial charge on any atom is 0.146 e. The Hall–Kier alpha value is -0.0431. The molecule has 1 aromatic heterocycles. The first-order valence-electron chi connectivity index (χ1n) is 6.58. The van der Waals surface area contributed by atoms with Gasteiger partial charge in [0.15, 0.2) is 0 Å². The lowest BCUT2D eigenvalue weighted by Gasteiger charge is -2.38. The van der Waals surface area contributed by atoms with Crippen LogP contribution in [0.5, 0.6) is 0 Å². The van der Waals surface area contributed by atoms with E-state index in [-0.39, 0.29) is 0 Å². The van der Waals surface area contributed by atoms with Crippen LogP contribution in [0.2, 0.25) is 16.6 Å². The van der Waals surface area contributed by atoms with Crippen molar-refractivity contribution in [3.63, 3.8) is 0 Å². The highest BCUT2D eigenvalue weighted by molar-refractivity contribution is 9.11. The van der Waals surface area contributed by atoms with Gasteiger partial charge in [0.2, 0.25) is 0 Å². The first-order chi connectivity index (χ1) is 8.32. The van der Waals surface area contributed by atoms with Gasteiger partial charge >= 0.3 is 0 Å². The van der Waals surface area contributed by atoms with E-state index < -0.39 is 8.07 Å². The molecule has 1 aromatic rings. The zero-order chi connectivity index (χ0) is 13.9. The Kier molecular flexibility index (Phi) is 5.70. The molecule has 0 N–H and O–H groups in total. The molecule has 0 nitrogen and oxygen atoms in total. The summed E-state index contributed by atoms with van der Waals surface area (Å²) in [5.41, 5.74) is 6.98. The predicted octanol–water partition coefficient (Wildman–Crippen LogP) is 6.08. The summed E-state index contributed by atoms with van der Waals surface area (Å²) >= 11 is 5.29. The topological polar surface area (TPSA) is 0 Å². The van der Waals surface area contributed by atoms with Crippen molar-refractivity contribution in [1.29, 1.82) is 0 Å². The molecule has 0 aliphatic rings. The van der Waals surface area contributed by atoms with Crippen molar-refractivity contribution in [2.45, 2.75) is 58.2 Å². The molecule has 0 spiro atoms. The Morgan fingerprint density at radius 1 is 1.06 bits per heavy atom. The summed E-state index contributed by atoms with van der Waals surface area (Å²) in [6.07, 6.45) is 0. The van der Waals surface area contributed by atoms with Crippen LogP contribution in [0.25, 0.3) is 0 Å². The second kappa shape index (κ2) is 6.41. The van der Waals surface area contributed by atoms with E-state index in [1.54, 1.807) is 11.3 Å². The lowest BCUT2D eigenvalue weighted by Crippen LogP contribution is -2.43. The van der Waals surface area contributed by atoms with Gasteiger partial charge in [0.1, 0.15) is 8.07 Å². The van der Waals surface area contributed by atoms with Gasteiger partial charge in [0.05, 0.1) is 3.79 Å². The van der Waals surface area contributed by atoms with Crippen LogP contribution in [0, 0.1) is 11.5 Å². The number of hydrogen-bond donors (Lipinski definition) is 0. The molecule has 0 saturated heterocycles. The van der Waals surface area contributed by atoms with E-state index >= 15 is 0 Å².